The lowest BCUT2D eigenvalue weighted by molar-refractivity contribution is 0.102. The lowest BCUT2D eigenvalue weighted by atomic mass is 10.1. The zero-order valence-corrected chi connectivity index (χ0v) is 14.2. The maximum Gasteiger partial charge on any atom is 0.255 e. The molecule has 0 unspecified atom stereocenters. The molecule has 1 saturated heterocycles. The molecule has 1 N–H and O–H groups in total. The molecular formula is C17H15N3O4S. The SMILES string of the molecule is Cc1noc2ccc(NC(=O)c3ccc(N4CCS4(=O)=O)cc3)cc12. The zero-order chi connectivity index (χ0) is 17.6. The van der Waals surface area contributed by atoms with Gasteiger partial charge in [-0.05, 0) is 49.4 Å². The van der Waals surface area contributed by atoms with Crippen LogP contribution in [0.3, 0.4) is 0 Å². The number of sulfonamides is 1. The van der Waals surface area contributed by atoms with Gasteiger partial charge < -0.3 is 9.84 Å². The Morgan fingerprint density at radius 2 is 1.96 bits per heavy atom. The van der Waals surface area contributed by atoms with Crippen molar-refractivity contribution in [2.75, 3.05) is 21.9 Å². The molecule has 1 aromatic heterocycles. The van der Waals surface area contributed by atoms with E-state index in [2.05, 4.69) is 10.5 Å². The van der Waals surface area contributed by atoms with E-state index in [0.717, 1.165) is 11.1 Å². The summed E-state index contributed by atoms with van der Waals surface area (Å²) in [6, 6.07) is 11.8. The minimum absolute atomic E-state index is 0.167. The van der Waals surface area contributed by atoms with Gasteiger partial charge in [0.25, 0.3) is 5.91 Å². The molecule has 1 amide bonds. The second-order valence-corrected chi connectivity index (χ2v) is 7.88. The van der Waals surface area contributed by atoms with Gasteiger partial charge in [-0.1, -0.05) is 5.16 Å². The Labute approximate surface area is 144 Å². The monoisotopic (exact) mass is 357 g/mol. The van der Waals surface area contributed by atoms with E-state index in [0.29, 0.717) is 29.1 Å². The maximum atomic E-state index is 12.4. The first kappa shape index (κ1) is 15.6. The van der Waals surface area contributed by atoms with Crippen molar-refractivity contribution in [3.8, 4) is 0 Å². The molecule has 128 valence electrons. The van der Waals surface area contributed by atoms with E-state index in [4.69, 9.17) is 4.52 Å². The van der Waals surface area contributed by atoms with Crippen molar-refractivity contribution in [2.45, 2.75) is 6.92 Å². The molecule has 1 aliphatic rings. The minimum atomic E-state index is -3.16. The first-order valence-corrected chi connectivity index (χ1v) is 9.33. The second-order valence-electron chi connectivity index (χ2n) is 5.87. The Morgan fingerprint density at radius 1 is 1.20 bits per heavy atom. The first-order valence-electron chi connectivity index (χ1n) is 7.72. The molecule has 0 bridgehead atoms. The second kappa shape index (κ2) is 5.59. The number of nitrogens with one attached hydrogen (secondary N) is 1. The van der Waals surface area contributed by atoms with Crippen LogP contribution in [0.2, 0.25) is 0 Å². The fourth-order valence-corrected chi connectivity index (χ4v) is 3.85. The van der Waals surface area contributed by atoms with Gasteiger partial charge in [0.1, 0.15) is 0 Å². The van der Waals surface area contributed by atoms with Crippen molar-refractivity contribution < 1.29 is 17.7 Å². The van der Waals surface area contributed by atoms with Crippen molar-refractivity contribution in [3.63, 3.8) is 0 Å². The maximum absolute atomic E-state index is 12.4. The highest BCUT2D eigenvalue weighted by atomic mass is 32.2. The third-order valence-electron chi connectivity index (χ3n) is 4.21. The van der Waals surface area contributed by atoms with Crippen molar-refractivity contribution in [3.05, 3.63) is 53.7 Å². The summed E-state index contributed by atoms with van der Waals surface area (Å²) in [5.74, 6) is -0.105. The van der Waals surface area contributed by atoms with Crippen LogP contribution in [0.1, 0.15) is 16.1 Å². The van der Waals surface area contributed by atoms with Gasteiger partial charge in [-0.3, -0.25) is 9.10 Å². The van der Waals surface area contributed by atoms with Gasteiger partial charge in [0.05, 0.1) is 17.1 Å². The summed E-state index contributed by atoms with van der Waals surface area (Å²) in [6.45, 7) is 2.31. The number of rotatable bonds is 3. The molecule has 7 nitrogen and oxygen atoms in total. The lowest BCUT2D eigenvalue weighted by Crippen LogP contribution is -2.47. The van der Waals surface area contributed by atoms with E-state index in [9.17, 15) is 13.2 Å². The standard InChI is InChI=1S/C17H15N3O4S/c1-11-15-10-13(4-7-16(15)24-19-11)18-17(21)12-2-5-14(6-3-12)20-8-9-25(20,22)23/h2-7,10H,8-9H2,1H3,(H,18,21). The van der Waals surface area contributed by atoms with Crippen LogP contribution in [0.15, 0.2) is 47.0 Å². The van der Waals surface area contributed by atoms with Gasteiger partial charge in [-0.25, -0.2) is 8.42 Å². The van der Waals surface area contributed by atoms with Crippen LogP contribution in [0.25, 0.3) is 11.0 Å². The van der Waals surface area contributed by atoms with Crippen molar-refractivity contribution in [1.29, 1.82) is 0 Å². The molecule has 0 spiro atoms. The number of fused-ring (bicyclic) bond motifs is 1. The summed E-state index contributed by atoms with van der Waals surface area (Å²) in [4.78, 5) is 12.4. The smallest absolute Gasteiger partial charge is 0.255 e. The third-order valence-corrected chi connectivity index (χ3v) is 5.98. The van der Waals surface area contributed by atoms with E-state index in [1.54, 1.807) is 42.5 Å². The first-order chi connectivity index (χ1) is 11.9. The molecule has 4 rings (SSSR count). The molecule has 1 fully saturated rings. The topological polar surface area (TPSA) is 92.5 Å². The molecule has 1 aliphatic heterocycles. The normalized spacial score (nSPS) is 15.8. The highest BCUT2D eigenvalue weighted by molar-refractivity contribution is 7.94. The van der Waals surface area contributed by atoms with Crippen molar-refractivity contribution in [1.82, 2.24) is 5.16 Å². The van der Waals surface area contributed by atoms with Gasteiger partial charge in [0.15, 0.2) is 5.58 Å². The average Bonchev–Trinajstić information content (AvgIpc) is 2.95. The van der Waals surface area contributed by atoms with Crippen LogP contribution >= 0.6 is 0 Å². The van der Waals surface area contributed by atoms with Gasteiger partial charge in [0.2, 0.25) is 10.0 Å². The number of aromatic nitrogens is 1. The molecule has 8 heteroatoms. The van der Waals surface area contributed by atoms with E-state index in [-0.39, 0.29) is 11.7 Å². The summed E-state index contributed by atoms with van der Waals surface area (Å²) < 4.78 is 29.7. The summed E-state index contributed by atoms with van der Waals surface area (Å²) >= 11 is 0. The van der Waals surface area contributed by atoms with E-state index >= 15 is 0 Å². The van der Waals surface area contributed by atoms with Crippen molar-refractivity contribution in [2.24, 2.45) is 0 Å². The number of anilines is 2. The van der Waals surface area contributed by atoms with Crippen LogP contribution in [-0.2, 0) is 10.0 Å². The number of hydrogen-bond acceptors (Lipinski definition) is 5. The number of aryl methyl sites for hydroxylation is 1. The molecule has 3 aromatic rings. The number of hydrogen-bond donors (Lipinski definition) is 1. The van der Waals surface area contributed by atoms with E-state index in [1.807, 2.05) is 6.92 Å². The summed E-state index contributed by atoms with van der Waals surface area (Å²) in [5, 5.41) is 7.55. The minimum Gasteiger partial charge on any atom is -0.356 e. The fourth-order valence-electron chi connectivity index (χ4n) is 2.74. The number of benzene rings is 2. The zero-order valence-electron chi connectivity index (χ0n) is 13.4. The van der Waals surface area contributed by atoms with Crippen LogP contribution in [-0.4, -0.2) is 31.8 Å². The van der Waals surface area contributed by atoms with Crippen LogP contribution in [0.4, 0.5) is 11.4 Å². The predicted octanol–water partition coefficient (Wildman–Crippen LogP) is 2.54. The van der Waals surface area contributed by atoms with Gasteiger partial charge >= 0.3 is 0 Å². The van der Waals surface area contributed by atoms with Gasteiger partial charge in [-0.2, -0.15) is 0 Å². The molecule has 0 atom stereocenters. The number of carbonyl (C=O) groups excluding carboxylic acids is 1. The number of carbonyl (C=O) groups is 1. The average molecular weight is 357 g/mol. The molecular weight excluding hydrogens is 342 g/mol. The predicted molar refractivity (Wildman–Crippen MR) is 94.3 cm³/mol. The summed E-state index contributed by atoms with van der Waals surface area (Å²) in [5.41, 5.74) is 3.08. The molecule has 2 aromatic carbocycles. The lowest BCUT2D eigenvalue weighted by Gasteiger charge is -2.32. The third kappa shape index (κ3) is 2.74. The Hall–Kier alpha value is -2.87. The molecule has 0 radical (unpaired) electrons. The summed E-state index contributed by atoms with van der Waals surface area (Å²) in [7, 11) is -3.16. The van der Waals surface area contributed by atoms with Crippen LogP contribution in [0.5, 0.6) is 0 Å². The Kier molecular flexibility index (Phi) is 3.50. The van der Waals surface area contributed by atoms with Crippen LogP contribution < -0.4 is 9.62 Å². The van der Waals surface area contributed by atoms with Gasteiger partial charge in [0, 0.05) is 23.2 Å². The largest absolute Gasteiger partial charge is 0.356 e. The Balaban J connectivity index is 1.53. The van der Waals surface area contributed by atoms with Crippen molar-refractivity contribution >= 4 is 38.3 Å². The highest BCUT2D eigenvalue weighted by Gasteiger charge is 2.32. The fraction of sp³-hybridized carbons (Fsp3) is 0.176. The highest BCUT2D eigenvalue weighted by Crippen LogP contribution is 2.25. The van der Waals surface area contributed by atoms with Crippen LogP contribution in [0, 0.1) is 6.92 Å². The summed E-state index contributed by atoms with van der Waals surface area (Å²) in [6.07, 6.45) is 0. The Bertz CT molecular complexity index is 1070. The number of amides is 1. The molecule has 25 heavy (non-hydrogen) atoms. The van der Waals surface area contributed by atoms with E-state index in [1.165, 1.54) is 4.31 Å². The van der Waals surface area contributed by atoms with E-state index < -0.39 is 10.0 Å². The number of nitrogens with zero attached hydrogens (tertiary/aromatic N) is 2. The Morgan fingerprint density at radius 3 is 2.60 bits per heavy atom. The quantitative estimate of drug-likeness (QED) is 0.778. The molecule has 0 aliphatic carbocycles. The molecule has 2 heterocycles. The molecule has 0 saturated carbocycles. The van der Waals surface area contributed by atoms with Gasteiger partial charge in [-0.15, -0.1) is 0 Å².